The molecule has 1 aromatic rings. The van der Waals surface area contributed by atoms with Crippen molar-refractivity contribution in [2.45, 2.75) is 44.4 Å². The van der Waals surface area contributed by atoms with Gasteiger partial charge in [-0.2, -0.15) is 9.65 Å². The van der Waals surface area contributed by atoms with Crippen LogP contribution in [-0.2, 0) is 0 Å². The fourth-order valence-corrected chi connectivity index (χ4v) is 3.04. The smallest absolute Gasteiger partial charge is 0.196 e. The van der Waals surface area contributed by atoms with E-state index in [1.54, 1.807) is 6.07 Å². The Morgan fingerprint density at radius 2 is 1.90 bits per heavy atom. The molecule has 1 fully saturated rings. The molecule has 1 saturated carbocycles. The maximum Gasteiger partial charge on any atom is 0.196 e. The number of nitrogens with zero attached hydrogens (tertiary/aromatic N) is 1. The predicted octanol–water partition coefficient (Wildman–Crippen LogP) is 5.40. The van der Waals surface area contributed by atoms with Crippen molar-refractivity contribution in [2.75, 3.05) is 0 Å². The highest BCUT2D eigenvalue weighted by Gasteiger charge is 2.22. The summed E-state index contributed by atoms with van der Waals surface area (Å²) in [6, 6.07) is 5.61. The van der Waals surface area contributed by atoms with Gasteiger partial charge in [-0.3, -0.25) is 0 Å². The van der Waals surface area contributed by atoms with E-state index >= 15 is 0 Å². The topological polar surface area (TPSA) is 23.8 Å². The summed E-state index contributed by atoms with van der Waals surface area (Å²) < 4.78 is 38.8. The van der Waals surface area contributed by atoms with E-state index in [4.69, 9.17) is 5.26 Å². The van der Waals surface area contributed by atoms with Crippen molar-refractivity contribution in [1.82, 2.24) is 0 Å². The van der Waals surface area contributed by atoms with Gasteiger partial charge in [-0.25, -0.2) is 8.78 Å². The average molecular weight is 293 g/mol. The maximum absolute atomic E-state index is 13.2. The molecule has 21 heavy (non-hydrogen) atoms. The minimum Gasteiger partial charge on any atom is -0.204 e. The van der Waals surface area contributed by atoms with Gasteiger partial charge in [0.25, 0.3) is 0 Å². The van der Waals surface area contributed by atoms with Crippen molar-refractivity contribution in [3.63, 3.8) is 0 Å². The molecule has 4 heteroatoms. The number of rotatable bonds is 4. The third-order valence-corrected chi connectivity index (χ3v) is 4.27. The second-order valence-electron chi connectivity index (χ2n) is 5.63. The van der Waals surface area contributed by atoms with E-state index in [2.05, 4.69) is 0 Å². The zero-order valence-corrected chi connectivity index (χ0v) is 11.8. The first-order valence-corrected chi connectivity index (χ1v) is 7.31. The van der Waals surface area contributed by atoms with E-state index in [1.807, 2.05) is 0 Å². The fourth-order valence-electron chi connectivity index (χ4n) is 3.04. The van der Waals surface area contributed by atoms with Crippen LogP contribution in [0.4, 0.5) is 13.2 Å². The number of hydrogen-bond acceptors (Lipinski definition) is 1. The Labute approximate surface area is 123 Å². The number of halogens is 3. The molecule has 0 N–H and O–H groups in total. The molecule has 2 rings (SSSR count). The van der Waals surface area contributed by atoms with Gasteiger partial charge >= 0.3 is 0 Å². The Hall–Kier alpha value is -1.76. The number of allylic oxidation sites excluding steroid dienone is 2. The Kier molecular flexibility index (Phi) is 5.44. The third kappa shape index (κ3) is 4.35. The van der Waals surface area contributed by atoms with Crippen LogP contribution in [0.5, 0.6) is 0 Å². The van der Waals surface area contributed by atoms with Crippen LogP contribution in [0.25, 0.3) is 0 Å². The fraction of sp³-hybridized carbons (Fsp3) is 0.471. The summed E-state index contributed by atoms with van der Waals surface area (Å²) in [6.45, 7) is 0. The zero-order valence-electron chi connectivity index (χ0n) is 11.8. The van der Waals surface area contributed by atoms with Gasteiger partial charge in [-0.15, -0.1) is 0 Å². The monoisotopic (exact) mass is 293 g/mol. The van der Waals surface area contributed by atoms with Gasteiger partial charge < -0.3 is 0 Å². The molecule has 1 aromatic carbocycles. The molecule has 112 valence electrons. The third-order valence-electron chi connectivity index (χ3n) is 4.27. The summed E-state index contributed by atoms with van der Waals surface area (Å²) in [7, 11) is 0. The Morgan fingerprint density at radius 1 is 1.19 bits per heavy atom. The minimum absolute atomic E-state index is 0.280. The lowest BCUT2D eigenvalue weighted by atomic mass is 9.77. The van der Waals surface area contributed by atoms with Crippen LogP contribution in [0.15, 0.2) is 30.1 Å². The van der Waals surface area contributed by atoms with Crippen LogP contribution in [0.3, 0.4) is 0 Å². The van der Waals surface area contributed by atoms with Gasteiger partial charge in [0.1, 0.15) is 6.07 Å². The first-order chi connectivity index (χ1) is 10.1. The van der Waals surface area contributed by atoms with E-state index in [-0.39, 0.29) is 5.92 Å². The van der Waals surface area contributed by atoms with Crippen LogP contribution < -0.4 is 0 Å². The summed E-state index contributed by atoms with van der Waals surface area (Å²) in [5, 5.41) is 8.32. The molecule has 0 radical (unpaired) electrons. The van der Waals surface area contributed by atoms with Gasteiger partial charge in [0.15, 0.2) is 17.5 Å². The van der Waals surface area contributed by atoms with Gasteiger partial charge in [0.05, 0.1) is 0 Å². The molecule has 0 heterocycles. The van der Waals surface area contributed by atoms with Crippen molar-refractivity contribution in [3.8, 4) is 6.07 Å². The lowest BCUT2D eigenvalue weighted by molar-refractivity contribution is 0.311. The second-order valence-corrected chi connectivity index (χ2v) is 5.63. The summed E-state index contributed by atoms with van der Waals surface area (Å²) in [5.41, 5.74) is 0.864. The highest BCUT2D eigenvalue weighted by atomic mass is 19.2. The molecule has 0 amide bonds. The zero-order chi connectivity index (χ0) is 15.2. The summed E-state index contributed by atoms with van der Waals surface area (Å²) >= 11 is 0. The van der Waals surface area contributed by atoms with E-state index in [0.717, 1.165) is 37.7 Å². The molecule has 0 bridgehead atoms. The Bertz CT molecular complexity index is 552. The first kappa shape index (κ1) is 15.6. The normalized spacial score (nSPS) is 22.9. The predicted molar refractivity (Wildman–Crippen MR) is 75.1 cm³/mol. The van der Waals surface area contributed by atoms with Crippen LogP contribution in [0, 0.1) is 28.9 Å². The molecule has 0 aliphatic heterocycles. The minimum atomic E-state index is -0.807. The molecule has 0 saturated heterocycles. The molecule has 0 atom stereocenters. The van der Waals surface area contributed by atoms with Crippen LogP contribution in [0.2, 0.25) is 0 Å². The molecule has 1 aliphatic carbocycles. The van der Waals surface area contributed by atoms with Gasteiger partial charge in [-0.1, -0.05) is 6.07 Å². The van der Waals surface area contributed by atoms with Crippen molar-refractivity contribution in [2.24, 2.45) is 5.92 Å². The van der Waals surface area contributed by atoms with Gasteiger partial charge in [0.2, 0.25) is 0 Å². The molecule has 0 spiro atoms. The van der Waals surface area contributed by atoms with E-state index in [0.29, 0.717) is 12.3 Å². The lowest BCUT2D eigenvalue weighted by Gasteiger charge is -2.28. The molecular formula is C17H18F3N. The van der Waals surface area contributed by atoms with Crippen molar-refractivity contribution < 1.29 is 13.2 Å². The number of nitriles is 1. The summed E-state index contributed by atoms with van der Waals surface area (Å²) in [5.74, 6) is -1.51. The largest absolute Gasteiger partial charge is 0.204 e. The van der Waals surface area contributed by atoms with E-state index in [9.17, 15) is 13.2 Å². The quantitative estimate of drug-likeness (QED) is 0.682. The molecular weight excluding hydrogens is 275 g/mol. The number of hydrogen-bond donors (Lipinski definition) is 0. The second kappa shape index (κ2) is 7.31. The van der Waals surface area contributed by atoms with E-state index < -0.39 is 17.5 Å². The van der Waals surface area contributed by atoms with Gasteiger partial charge in [-0.05, 0) is 74.1 Å². The van der Waals surface area contributed by atoms with Crippen molar-refractivity contribution in [1.29, 1.82) is 5.26 Å². The van der Waals surface area contributed by atoms with Crippen LogP contribution in [-0.4, -0.2) is 0 Å². The van der Waals surface area contributed by atoms with Crippen molar-refractivity contribution in [3.05, 3.63) is 47.3 Å². The molecule has 1 aliphatic rings. The maximum atomic E-state index is 13.2. The first-order valence-electron chi connectivity index (χ1n) is 7.31. The molecule has 0 unspecified atom stereocenters. The Balaban J connectivity index is 1.83. The lowest BCUT2D eigenvalue weighted by Crippen LogP contribution is -2.13. The van der Waals surface area contributed by atoms with Crippen molar-refractivity contribution >= 4 is 0 Å². The highest BCUT2D eigenvalue weighted by Crippen LogP contribution is 2.37. The van der Waals surface area contributed by atoms with Crippen LogP contribution in [0.1, 0.15) is 50.0 Å². The average Bonchev–Trinajstić information content (AvgIpc) is 2.50. The summed E-state index contributed by atoms with van der Waals surface area (Å²) in [4.78, 5) is 0. The standard InChI is InChI=1S/C17H18F3N/c18-15(11-21)3-1-2-12-4-6-13(7-5-12)14-8-9-16(19)17(20)10-14/h3,8-10,12-13H,1-2,4-7H2. The SMILES string of the molecule is N#CC(F)=CCCC1CCC(c2ccc(F)c(F)c2)CC1. The summed E-state index contributed by atoms with van der Waals surface area (Å²) in [6.07, 6.45) is 6.69. The Morgan fingerprint density at radius 3 is 2.52 bits per heavy atom. The molecule has 0 aromatic heterocycles. The van der Waals surface area contributed by atoms with E-state index in [1.165, 1.54) is 24.3 Å². The van der Waals surface area contributed by atoms with Crippen LogP contribution >= 0.6 is 0 Å². The molecule has 1 nitrogen and oxygen atoms in total. The van der Waals surface area contributed by atoms with Gasteiger partial charge in [0, 0.05) is 0 Å². The highest BCUT2D eigenvalue weighted by molar-refractivity contribution is 5.22. The number of benzene rings is 1.